The molecule has 1 unspecified atom stereocenters. The Labute approximate surface area is 261 Å². The van der Waals surface area contributed by atoms with Crippen molar-refractivity contribution in [3.05, 3.63) is 91.6 Å². The number of unbranched alkanes of at least 4 members (excludes halogenated alkanes) is 2. The van der Waals surface area contributed by atoms with E-state index in [1.165, 1.54) is 39.3 Å². The molecule has 1 amide bonds. The molecule has 1 aliphatic heterocycles. The van der Waals surface area contributed by atoms with E-state index in [9.17, 15) is 14.7 Å². The maximum absolute atomic E-state index is 13.9. The molecule has 8 nitrogen and oxygen atoms in total. The molecular weight excluding hydrogens is 612 g/mol. The van der Waals surface area contributed by atoms with Gasteiger partial charge in [0.1, 0.15) is 5.75 Å². The molecule has 0 radical (unpaired) electrons. The van der Waals surface area contributed by atoms with Crippen LogP contribution in [0.2, 0.25) is 5.02 Å². The van der Waals surface area contributed by atoms with E-state index in [1.54, 1.807) is 6.92 Å². The van der Waals surface area contributed by atoms with Gasteiger partial charge in [0.05, 0.1) is 33.8 Å². The lowest BCUT2D eigenvalue weighted by molar-refractivity contribution is -0.117. The van der Waals surface area contributed by atoms with Crippen LogP contribution >= 0.6 is 46.0 Å². The third-order valence-corrected chi connectivity index (χ3v) is 10.2. The Balaban J connectivity index is 1.50. The number of carbonyl (C=O) groups is 2. The van der Waals surface area contributed by atoms with Crippen molar-refractivity contribution < 1.29 is 19.4 Å². The second-order valence-electron chi connectivity index (χ2n) is 9.68. The van der Waals surface area contributed by atoms with Crippen molar-refractivity contribution in [2.75, 3.05) is 11.5 Å². The first-order valence-electron chi connectivity index (χ1n) is 13.5. The summed E-state index contributed by atoms with van der Waals surface area (Å²) in [5, 5.41) is 21.4. The number of ketones is 1. The summed E-state index contributed by atoms with van der Waals surface area (Å²) in [4.78, 5) is 33.7. The molecule has 12 heteroatoms. The first-order valence-corrected chi connectivity index (χ1v) is 16.5. The summed E-state index contributed by atoms with van der Waals surface area (Å²) in [6, 6.07) is 13.9. The average molecular weight is 641 g/mol. The molecule has 2 aromatic heterocycles. The number of thiazole rings is 1. The number of thioether (sulfide) groups is 1. The number of nitrogens with zero attached hydrogens (tertiary/aromatic N) is 4. The predicted molar refractivity (Wildman–Crippen MR) is 168 cm³/mol. The van der Waals surface area contributed by atoms with Gasteiger partial charge in [0, 0.05) is 10.8 Å². The Bertz CT molecular complexity index is 1650. The highest BCUT2D eigenvalue weighted by Gasteiger charge is 2.46. The summed E-state index contributed by atoms with van der Waals surface area (Å²) in [6.45, 7) is 6.24. The minimum atomic E-state index is -0.930. The molecule has 42 heavy (non-hydrogen) atoms. The van der Waals surface area contributed by atoms with Crippen LogP contribution in [-0.4, -0.2) is 38.6 Å². The molecule has 0 saturated carbocycles. The van der Waals surface area contributed by atoms with Crippen LogP contribution in [0, 0.1) is 13.8 Å². The van der Waals surface area contributed by atoms with Gasteiger partial charge in [-0.2, -0.15) is 0 Å². The van der Waals surface area contributed by atoms with Crippen LogP contribution in [0.3, 0.4) is 0 Å². The fraction of sp³-hybridized carbons (Fsp3) is 0.300. The minimum Gasteiger partial charge on any atom is -0.503 e. The monoisotopic (exact) mass is 640 g/mol. The fourth-order valence-corrected chi connectivity index (χ4v) is 7.67. The summed E-state index contributed by atoms with van der Waals surface area (Å²) in [6.07, 6.45) is 3.05. The quantitative estimate of drug-likeness (QED) is 0.0721. The van der Waals surface area contributed by atoms with E-state index in [-0.39, 0.29) is 10.7 Å². The Morgan fingerprint density at radius 1 is 1.12 bits per heavy atom. The van der Waals surface area contributed by atoms with Crippen molar-refractivity contribution in [3.63, 3.8) is 0 Å². The van der Waals surface area contributed by atoms with Crippen molar-refractivity contribution in [1.29, 1.82) is 0 Å². The van der Waals surface area contributed by atoms with Crippen molar-refractivity contribution in [1.82, 2.24) is 15.2 Å². The number of aliphatic hydroxyl groups excluding tert-OH is 1. The van der Waals surface area contributed by atoms with Crippen molar-refractivity contribution in [2.45, 2.75) is 56.2 Å². The number of carbonyl (C=O) groups excluding carboxylic acids is 2. The number of halogens is 1. The Hall–Kier alpha value is -3.25. The fourth-order valence-electron chi connectivity index (χ4n) is 4.64. The van der Waals surface area contributed by atoms with Crippen molar-refractivity contribution in [3.8, 4) is 5.75 Å². The van der Waals surface area contributed by atoms with E-state index in [4.69, 9.17) is 16.3 Å². The van der Waals surface area contributed by atoms with Gasteiger partial charge >= 0.3 is 0 Å². The molecule has 2 aromatic carbocycles. The van der Waals surface area contributed by atoms with Crippen LogP contribution in [0.1, 0.15) is 63.7 Å². The standard InChI is InChI=1S/C30H29ClN4O4S3/c1-4-5-8-14-39-21-12-9-11-19(15-21)24-23(25(36)27-17(2)32-18(3)41-27)26(37)28(38)35(24)29-33-34-30(42-29)40-16-20-10-6-7-13-22(20)31/h6-7,9-13,15,24,37H,4-5,8,14,16H2,1-3H3. The highest BCUT2D eigenvalue weighted by Crippen LogP contribution is 2.45. The zero-order chi connectivity index (χ0) is 29.8. The smallest absolute Gasteiger partial charge is 0.296 e. The topological polar surface area (TPSA) is 106 Å². The highest BCUT2D eigenvalue weighted by molar-refractivity contribution is 8.00. The largest absolute Gasteiger partial charge is 0.503 e. The van der Waals surface area contributed by atoms with Crippen LogP contribution in [0.4, 0.5) is 5.13 Å². The first-order chi connectivity index (χ1) is 20.3. The molecule has 0 spiro atoms. The van der Waals surface area contributed by atoms with Gasteiger partial charge in [0.25, 0.3) is 5.91 Å². The van der Waals surface area contributed by atoms with Gasteiger partial charge in [-0.15, -0.1) is 21.5 Å². The molecule has 0 fully saturated rings. The molecule has 0 bridgehead atoms. The number of hydrogen-bond donors (Lipinski definition) is 1. The van der Waals surface area contributed by atoms with Crippen molar-refractivity contribution >= 4 is 62.9 Å². The van der Waals surface area contributed by atoms with E-state index < -0.39 is 23.5 Å². The lowest BCUT2D eigenvalue weighted by Crippen LogP contribution is -2.31. The van der Waals surface area contributed by atoms with Crippen LogP contribution in [0.15, 0.2) is 64.2 Å². The Morgan fingerprint density at radius 2 is 1.93 bits per heavy atom. The number of ether oxygens (including phenoxy) is 1. The second-order valence-corrected chi connectivity index (χ2v) is 13.5. The number of rotatable bonds is 12. The number of anilines is 1. The van der Waals surface area contributed by atoms with Gasteiger partial charge < -0.3 is 9.84 Å². The Morgan fingerprint density at radius 3 is 2.67 bits per heavy atom. The predicted octanol–water partition coefficient (Wildman–Crippen LogP) is 7.91. The lowest BCUT2D eigenvalue weighted by atomic mass is 9.95. The summed E-state index contributed by atoms with van der Waals surface area (Å²) >= 11 is 10.2. The zero-order valence-electron chi connectivity index (χ0n) is 23.3. The molecule has 1 atom stereocenters. The third-order valence-electron chi connectivity index (χ3n) is 6.66. The van der Waals surface area contributed by atoms with E-state index in [2.05, 4.69) is 22.1 Å². The molecule has 0 aliphatic carbocycles. The third kappa shape index (κ3) is 6.39. The van der Waals surface area contributed by atoms with Crippen LogP contribution in [0.25, 0.3) is 0 Å². The SMILES string of the molecule is CCCCCOc1cccc(C2C(C(=O)c3sc(C)nc3C)=C(O)C(=O)N2c2nnc(SCc3ccccc3Cl)s2)c1. The number of aromatic nitrogens is 3. The van der Waals surface area contributed by atoms with Gasteiger partial charge in [-0.1, -0.05) is 84.8 Å². The Kier molecular flexibility index (Phi) is 9.62. The number of Topliss-reactive ketones (excluding diaryl/α,β-unsaturated/α-hetero) is 1. The maximum atomic E-state index is 13.9. The lowest BCUT2D eigenvalue weighted by Gasteiger charge is -2.24. The van der Waals surface area contributed by atoms with E-state index >= 15 is 0 Å². The van der Waals surface area contributed by atoms with Crippen molar-refractivity contribution in [2.24, 2.45) is 0 Å². The summed E-state index contributed by atoms with van der Waals surface area (Å²) in [7, 11) is 0. The molecule has 1 N–H and O–H groups in total. The molecule has 3 heterocycles. The van der Waals surface area contributed by atoms with E-state index in [0.717, 1.165) is 29.8 Å². The molecule has 4 aromatic rings. The number of amides is 1. The number of benzene rings is 2. The van der Waals surface area contributed by atoms with Gasteiger partial charge in [0.2, 0.25) is 10.9 Å². The summed E-state index contributed by atoms with van der Waals surface area (Å²) in [5.41, 5.74) is 2.10. The van der Waals surface area contributed by atoms with Gasteiger partial charge in [-0.3, -0.25) is 14.5 Å². The van der Waals surface area contributed by atoms with Gasteiger partial charge in [-0.05, 0) is 49.6 Å². The summed E-state index contributed by atoms with van der Waals surface area (Å²) in [5.74, 6) is -0.573. The second kappa shape index (κ2) is 13.4. The molecule has 1 aliphatic rings. The van der Waals surface area contributed by atoms with Crippen LogP contribution in [0.5, 0.6) is 5.75 Å². The van der Waals surface area contributed by atoms with E-state index in [0.29, 0.717) is 43.6 Å². The highest BCUT2D eigenvalue weighted by atomic mass is 35.5. The van der Waals surface area contributed by atoms with E-state index in [1.807, 2.05) is 55.5 Å². The number of aryl methyl sites for hydroxylation is 2. The number of aliphatic hydroxyl groups is 1. The average Bonchev–Trinajstić information content (AvgIpc) is 3.66. The molecular formula is C30H29ClN4O4S3. The maximum Gasteiger partial charge on any atom is 0.296 e. The molecule has 218 valence electrons. The van der Waals surface area contributed by atoms with Crippen LogP contribution < -0.4 is 9.64 Å². The number of hydrogen-bond acceptors (Lipinski definition) is 10. The van der Waals surface area contributed by atoms with Gasteiger partial charge in [-0.25, -0.2) is 4.98 Å². The first kappa shape index (κ1) is 30.2. The normalized spacial score (nSPS) is 15.1. The zero-order valence-corrected chi connectivity index (χ0v) is 26.5. The minimum absolute atomic E-state index is 0.0182. The summed E-state index contributed by atoms with van der Waals surface area (Å²) < 4.78 is 6.60. The molecule has 5 rings (SSSR count). The van der Waals surface area contributed by atoms with Crippen LogP contribution in [-0.2, 0) is 10.5 Å². The molecule has 0 saturated heterocycles. The van der Waals surface area contributed by atoms with Gasteiger partial charge in [0.15, 0.2) is 10.1 Å².